The standard InChI is InChI=1S/C22H29NO2/c1-4-15-6-8-19-17-7-5-14-11-20(23-13-24)21(25-3)12-18(14)16(17)9-10-22(15,19)2/h4,11-13,16-17,19H,5-10H2,1-3H3,(H,23,24)/b15-4+/t16-,17+,19-,22+/m0/s1. The number of carbonyl (C=O) groups excluding carboxylic acids is 1. The number of fused-ring (bicyclic) bond motifs is 5. The number of nitrogens with one attached hydrogen (secondary N) is 1. The first kappa shape index (κ1) is 16.7. The van der Waals surface area contributed by atoms with Crippen molar-refractivity contribution in [2.24, 2.45) is 17.3 Å². The molecular weight excluding hydrogens is 310 g/mol. The van der Waals surface area contributed by atoms with Crippen molar-refractivity contribution in [3.63, 3.8) is 0 Å². The molecule has 25 heavy (non-hydrogen) atoms. The average molecular weight is 339 g/mol. The van der Waals surface area contributed by atoms with E-state index in [4.69, 9.17) is 4.74 Å². The average Bonchev–Trinajstić information content (AvgIpc) is 2.97. The lowest BCUT2D eigenvalue weighted by Gasteiger charge is -2.49. The van der Waals surface area contributed by atoms with Gasteiger partial charge in [0.2, 0.25) is 6.41 Å². The zero-order valence-corrected chi connectivity index (χ0v) is 15.6. The first-order valence-electron chi connectivity index (χ1n) is 9.69. The second kappa shape index (κ2) is 6.19. The summed E-state index contributed by atoms with van der Waals surface area (Å²) in [6, 6.07) is 4.34. The SMILES string of the molecule is C/C=C1\CC[C@H]2[C@@H]3CCc4cc(NC=O)c(OC)cc4[C@H]3CC[C@]12C. The minimum Gasteiger partial charge on any atom is -0.495 e. The summed E-state index contributed by atoms with van der Waals surface area (Å²) in [5.74, 6) is 3.06. The van der Waals surface area contributed by atoms with Crippen LogP contribution in [0.15, 0.2) is 23.8 Å². The molecule has 1 aromatic rings. The van der Waals surface area contributed by atoms with Crippen molar-refractivity contribution in [1.82, 2.24) is 0 Å². The van der Waals surface area contributed by atoms with Crippen LogP contribution in [0.2, 0.25) is 0 Å². The Bertz CT molecular complexity index is 723. The molecule has 0 bridgehead atoms. The van der Waals surface area contributed by atoms with E-state index in [-0.39, 0.29) is 0 Å². The Balaban J connectivity index is 1.71. The lowest BCUT2D eigenvalue weighted by Crippen LogP contribution is -2.40. The van der Waals surface area contributed by atoms with E-state index in [9.17, 15) is 4.79 Å². The Morgan fingerprint density at radius 3 is 2.80 bits per heavy atom. The van der Waals surface area contributed by atoms with Gasteiger partial charge in [-0.1, -0.05) is 18.6 Å². The fraction of sp³-hybridized carbons (Fsp3) is 0.591. The van der Waals surface area contributed by atoms with E-state index in [1.807, 2.05) is 0 Å². The van der Waals surface area contributed by atoms with Gasteiger partial charge in [0.15, 0.2) is 0 Å². The van der Waals surface area contributed by atoms with Crippen LogP contribution in [-0.2, 0) is 11.2 Å². The third-order valence-electron chi connectivity index (χ3n) is 7.46. The smallest absolute Gasteiger partial charge is 0.211 e. The Hall–Kier alpha value is -1.77. The molecule has 0 aliphatic heterocycles. The number of hydrogen-bond acceptors (Lipinski definition) is 2. The molecule has 3 heteroatoms. The van der Waals surface area contributed by atoms with E-state index in [1.165, 1.54) is 43.2 Å². The first-order chi connectivity index (χ1) is 12.1. The van der Waals surface area contributed by atoms with E-state index in [2.05, 4.69) is 37.4 Å². The van der Waals surface area contributed by atoms with Crippen molar-refractivity contribution in [1.29, 1.82) is 0 Å². The number of ether oxygens (including phenoxy) is 1. The molecule has 3 nitrogen and oxygen atoms in total. The molecule has 0 unspecified atom stereocenters. The Morgan fingerprint density at radius 1 is 1.24 bits per heavy atom. The van der Waals surface area contributed by atoms with Crippen LogP contribution in [0.4, 0.5) is 5.69 Å². The summed E-state index contributed by atoms with van der Waals surface area (Å²) in [5, 5.41) is 2.79. The zero-order valence-electron chi connectivity index (χ0n) is 15.6. The van der Waals surface area contributed by atoms with Crippen LogP contribution in [-0.4, -0.2) is 13.5 Å². The van der Waals surface area contributed by atoms with Crippen molar-refractivity contribution in [3.8, 4) is 5.75 Å². The van der Waals surface area contributed by atoms with Crippen molar-refractivity contribution in [2.75, 3.05) is 12.4 Å². The molecule has 0 aromatic heterocycles. The molecule has 3 aliphatic rings. The van der Waals surface area contributed by atoms with Crippen molar-refractivity contribution in [3.05, 3.63) is 34.9 Å². The van der Waals surface area contributed by atoms with Gasteiger partial charge in [-0.25, -0.2) is 0 Å². The highest BCUT2D eigenvalue weighted by molar-refractivity contribution is 5.76. The van der Waals surface area contributed by atoms with E-state index in [0.29, 0.717) is 11.3 Å². The van der Waals surface area contributed by atoms with Crippen LogP contribution >= 0.6 is 0 Å². The van der Waals surface area contributed by atoms with Crippen molar-refractivity contribution >= 4 is 12.1 Å². The van der Waals surface area contributed by atoms with Crippen LogP contribution in [0.1, 0.15) is 63.0 Å². The molecular formula is C22H29NO2. The number of hydrogen-bond donors (Lipinski definition) is 1. The van der Waals surface area contributed by atoms with Crippen LogP contribution in [0.25, 0.3) is 0 Å². The summed E-state index contributed by atoms with van der Waals surface area (Å²) in [6.07, 6.45) is 10.7. The van der Waals surface area contributed by atoms with E-state index >= 15 is 0 Å². The van der Waals surface area contributed by atoms with Crippen LogP contribution < -0.4 is 10.1 Å². The monoisotopic (exact) mass is 339 g/mol. The largest absolute Gasteiger partial charge is 0.495 e. The topological polar surface area (TPSA) is 38.3 Å². The molecule has 1 N–H and O–H groups in total. The number of benzene rings is 1. The third-order valence-corrected chi connectivity index (χ3v) is 7.46. The summed E-state index contributed by atoms with van der Waals surface area (Å²) in [4.78, 5) is 10.9. The van der Waals surface area contributed by atoms with Gasteiger partial charge >= 0.3 is 0 Å². The number of allylic oxidation sites excluding steroid dienone is 2. The van der Waals surface area contributed by atoms with Gasteiger partial charge < -0.3 is 10.1 Å². The normalized spacial score (nSPS) is 34.8. The predicted molar refractivity (Wildman–Crippen MR) is 101 cm³/mol. The summed E-state index contributed by atoms with van der Waals surface area (Å²) < 4.78 is 5.55. The molecule has 134 valence electrons. The highest BCUT2D eigenvalue weighted by atomic mass is 16.5. The minimum absolute atomic E-state index is 0.427. The third kappa shape index (κ3) is 2.43. The molecule has 0 saturated heterocycles. The predicted octanol–water partition coefficient (Wildman–Crippen LogP) is 5.07. The highest BCUT2D eigenvalue weighted by Gasteiger charge is 2.52. The van der Waals surface area contributed by atoms with Gasteiger partial charge in [0.25, 0.3) is 0 Å². The number of carbonyl (C=O) groups is 1. The molecule has 0 heterocycles. The molecule has 3 aliphatic carbocycles. The van der Waals surface area contributed by atoms with Gasteiger partial charge in [-0.3, -0.25) is 4.79 Å². The van der Waals surface area contributed by atoms with Gasteiger partial charge in [-0.05, 0) is 91.9 Å². The highest BCUT2D eigenvalue weighted by Crippen LogP contribution is 2.63. The second-order valence-electron chi connectivity index (χ2n) is 8.24. The molecule has 1 aromatic carbocycles. The van der Waals surface area contributed by atoms with Crippen LogP contribution in [0.5, 0.6) is 5.75 Å². The minimum atomic E-state index is 0.427. The van der Waals surface area contributed by atoms with E-state index in [1.54, 1.807) is 12.7 Å². The van der Waals surface area contributed by atoms with Crippen LogP contribution in [0, 0.1) is 17.3 Å². The molecule has 0 radical (unpaired) electrons. The Morgan fingerprint density at radius 2 is 2.08 bits per heavy atom. The Labute approximate surface area is 150 Å². The number of methoxy groups -OCH3 is 1. The van der Waals surface area contributed by atoms with Gasteiger partial charge in [0.1, 0.15) is 5.75 Å². The molecule has 2 fully saturated rings. The molecule has 0 spiro atoms. The van der Waals surface area contributed by atoms with Gasteiger partial charge in [-0.15, -0.1) is 0 Å². The van der Waals surface area contributed by atoms with Crippen LogP contribution in [0.3, 0.4) is 0 Å². The number of rotatable bonds is 3. The molecule has 1 amide bonds. The number of amides is 1. The molecule has 4 rings (SSSR count). The maximum Gasteiger partial charge on any atom is 0.211 e. The van der Waals surface area contributed by atoms with Gasteiger partial charge in [0.05, 0.1) is 12.8 Å². The molecule has 4 atom stereocenters. The summed E-state index contributed by atoms with van der Waals surface area (Å²) in [6.45, 7) is 4.74. The first-order valence-corrected chi connectivity index (χ1v) is 9.69. The summed E-state index contributed by atoms with van der Waals surface area (Å²) in [7, 11) is 1.69. The van der Waals surface area contributed by atoms with Gasteiger partial charge in [-0.2, -0.15) is 0 Å². The fourth-order valence-corrected chi connectivity index (χ4v) is 6.27. The van der Waals surface area contributed by atoms with Crippen molar-refractivity contribution < 1.29 is 9.53 Å². The number of aryl methyl sites for hydroxylation is 1. The molecule has 2 saturated carbocycles. The lowest BCUT2D eigenvalue weighted by molar-refractivity contribution is -0.105. The summed E-state index contributed by atoms with van der Waals surface area (Å²) >= 11 is 0. The second-order valence-corrected chi connectivity index (χ2v) is 8.24. The van der Waals surface area contributed by atoms with E-state index in [0.717, 1.165) is 36.1 Å². The Kier molecular flexibility index (Phi) is 4.13. The maximum absolute atomic E-state index is 10.9. The van der Waals surface area contributed by atoms with E-state index < -0.39 is 0 Å². The maximum atomic E-state index is 10.9. The van der Waals surface area contributed by atoms with Crippen molar-refractivity contribution in [2.45, 2.75) is 58.3 Å². The quantitative estimate of drug-likeness (QED) is 0.617. The van der Waals surface area contributed by atoms with Gasteiger partial charge in [0, 0.05) is 0 Å². The fourth-order valence-electron chi connectivity index (χ4n) is 6.27. The lowest BCUT2D eigenvalue weighted by atomic mass is 9.55. The summed E-state index contributed by atoms with van der Waals surface area (Å²) in [5.41, 5.74) is 5.80. The zero-order chi connectivity index (χ0) is 17.6. The number of anilines is 1.